The van der Waals surface area contributed by atoms with Gasteiger partial charge >= 0.3 is 11.9 Å². The van der Waals surface area contributed by atoms with Crippen LogP contribution < -0.4 is 0 Å². The molecule has 0 fully saturated rings. The Morgan fingerprint density at radius 2 is 1.82 bits per heavy atom. The Morgan fingerprint density at radius 3 is 2.29 bits per heavy atom. The lowest BCUT2D eigenvalue weighted by molar-refractivity contribution is -0.138. The summed E-state index contributed by atoms with van der Waals surface area (Å²) in [5, 5.41) is 17.4. The van der Waals surface area contributed by atoms with E-state index in [1.807, 2.05) is 0 Å². The Balaban J connectivity index is 2.42. The molecule has 1 aromatic rings. The summed E-state index contributed by atoms with van der Waals surface area (Å²) in [6.45, 7) is 0. The second-order valence-electron chi connectivity index (χ2n) is 3.64. The van der Waals surface area contributed by atoms with Gasteiger partial charge in [-0.3, -0.25) is 4.79 Å². The first-order valence-electron chi connectivity index (χ1n) is 4.95. The van der Waals surface area contributed by atoms with Crippen molar-refractivity contribution in [1.82, 2.24) is 0 Å². The van der Waals surface area contributed by atoms with E-state index in [9.17, 15) is 14.7 Å². The molecule has 5 heteroatoms. The second-order valence-corrected chi connectivity index (χ2v) is 5.03. The van der Waals surface area contributed by atoms with Crippen LogP contribution in [0.5, 0.6) is 0 Å². The van der Waals surface area contributed by atoms with Gasteiger partial charge in [-0.2, -0.15) is 0 Å². The highest BCUT2D eigenvalue weighted by molar-refractivity contribution is 8.02. The van der Waals surface area contributed by atoms with Gasteiger partial charge in [-0.1, -0.05) is 42.5 Å². The van der Waals surface area contributed by atoms with Crippen molar-refractivity contribution in [1.29, 1.82) is 0 Å². The first-order valence-corrected chi connectivity index (χ1v) is 5.83. The largest absolute Gasteiger partial charge is 0.480 e. The molecule has 1 heterocycles. The Kier molecular flexibility index (Phi) is 2.93. The van der Waals surface area contributed by atoms with Crippen LogP contribution in [0.1, 0.15) is 5.56 Å². The minimum atomic E-state index is -1.29. The normalized spacial score (nSPS) is 26.9. The summed E-state index contributed by atoms with van der Waals surface area (Å²) in [6.07, 6.45) is 2.88. The molecule has 1 aliphatic heterocycles. The van der Waals surface area contributed by atoms with Gasteiger partial charge in [-0.15, -0.1) is 11.8 Å². The van der Waals surface area contributed by atoms with Crippen molar-refractivity contribution in [2.75, 3.05) is 0 Å². The van der Waals surface area contributed by atoms with Crippen LogP contribution in [0.3, 0.4) is 0 Å². The number of rotatable bonds is 3. The average molecular weight is 250 g/mol. The zero-order chi connectivity index (χ0) is 12.5. The summed E-state index contributed by atoms with van der Waals surface area (Å²) >= 11 is 0.917. The van der Waals surface area contributed by atoms with E-state index >= 15 is 0 Å². The third kappa shape index (κ3) is 1.93. The molecule has 88 valence electrons. The molecule has 2 atom stereocenters. The maximum atomic E-state index is 11.4. The summed E-state index contributed by atoms with van der Waals surface area (Å²) in [6, 6.07) is 8.65. The number of carboxylic acids is 2. The minimum absolute atomic E-state index is 0.581. The molecule has 17 heavy (non-hydrogen) atoms. The van der Waals surface area contributed by atoms with Crippen molar-refractivity contribution in [2.45, 2.75) is 10.00 Å². The van der Waals surface area contributed by atoms with Crippen LogP contribution >= 0.6 is 11.8 Å². The van der Waals surface area contributed by atoms with Gasteiger partial charge in [0.1, 0.15) is 5.25 Å². The predicted molar refractivity (Wildman–Crippen MR) is 63.9 cm³/mol. The Labute approximate surface area is 102 Å². The molecule has 2 rings (SSSR count). The number of carbonyl (C=O) groups is 2. The van der Waals surface area contributed by atoms with Gasteiger partial charge in [-0.05, 0) is 5.56 Å². The van der Waals surface area contributed by atoms with Crippen molar-refractivity contribution < 1.29 is 19.8 Å². The van der Waals surface area contributed by atoms with Crippen LogP contribution in [0.15, 0.2) is 42.5 Å². The number of hydrogen-bond acceptors (Lipinski definition) is 3. The molecule has 0 bridgehead atoms. The number of hydrogen-bond donors (Lipinski definition) is 2. The lowest BCUT2D eigenvalue weighted by atomic mass is 9.98. The smallest absolute Gasteiger partial charge is 0.328 e. The molecule has 0 saturated heterocycles. The number of thioether (sulfide) groups is 1. The molecule has 1 aliphatic rings. The van der Waals surface area contributed by atoms with Crippen LogP contribution in [0.25, 0.3) is 0 Å². The van der Waals surface area contributed by atoms with E-state index < -0.39 is 21.9 Å². The summed E-state index contributed by atoms with van der Waals surface area (Å²) in [5.74, 6) is -2.07. The Hall–Kier alpha value is -1.75. The molecule has 2 unspecified atom stereocenters. The zero-order valence-corrected chi connectivity index (χ0v) is 9.55. The fourth-order valence-electron chi connectivity index (χ4n) is 1.73. The molecule has 0 saturated carbocycles. The van der Waals surface area contributed by atoms with Crippen molar-refractivity contribution in [3.63, 3.8) is 0 Å². The maximum Gasteiger partial charge on any atom is 0.328 e. The summed E-state index contributed by atoms with van der Waals surface area (Å²) in [4.78, 5) is 22.3. The lowest BCUT2D eigenvalue weighted by Gasteiger charge is -2.22. The number of carboxylic acid groups (broad SMARTS) is 2. The Morgan fingerprint density at radius 1 is 1.18 bits per heavy atom. The first kappa shape index (κ1) is 11.7. The van der Waals surface area contributed by atoms with E-state index in [4.69, 9.17) is 5.11 Å². The van der Waals surface area contributed by atoms with E-state index in [1.165, 1.54) is 12.2 Å². The highest BCUT2D eigenvalue weighted by Gasteiger charge is 2.46. The SMILES string of the molecule is O=C(O)C1C=CC(C(=O)O)(c2ccccc2)S1. The quantitative estimate of drug-likeness (QED) is 0.799. The van der Waals surface area contributed by atoms with Gasteiger partial charge in [0.25, 0.3) is 0 Å². The third-order valence-electron chi connectivity index (χ3n) is 2.58. The average Bonchev–Trinajstić information content (AvgIpc) is 2.76. The van der Waals surface area contributed by atoms with E-state index in [1.54, 1.807) is 30.3 Å². The van der Waals surface area contributed by atoms with Crippen LogP contribution in [-0.2, 0) is 14.3 Å². The summed E-state index contributed by atoms with van der Waals surface area (Å²) in [7, 11) is 0. The predicted octanol–water partition coefficient (Wildman–Crippen LogP) is 1.72. The Bertz CT molecular complexity index is 483. The molecule has 1 aromatic carbocycles. The van der Waals surface area contributed by atoms with Crippen LogP contribution in [0.2, 0.25) is 0 Å². The number of benzene rings is 1. The highest BCUT2D eigenvalue weighted by Crippen LogP contribution is 2.46. The standard InChI is InChI=1S/C12H10O4S/c13-10(14)9-6-7-12(17-9,11(15)16)8-4-2-1-3-5-8/h1-7,9H,(H,13,14)(H,15,16). The maximum absolute atomic E-state index is 11.4. The van der Waals surface area contributed by atoms with E-state index in [-0.39, 0.29) is 0 Å². The lowest BCUT2D eigenvalue weighted by Crippen LogP contribution is -2.30. The van der Waals surface area contributed by atoms with Crippen molar-refractivity contribution >= 4 is 23.7 Å². The fraction of sp³-hybridized carbons (Fsp3) is 0.167. The summed E-state index contributed by atoms with van der Waals surface area (Å²) in [5.41, 5.74) is 0.581. The monoisotopic (exact) mass is 250 g/mol. The first-order chi connectivity index (χ1) is 8.06. The fourth-order valence-corrected chi connectivity index (χ4v) is 2.92. The molecule has 0 spiro atoms. The highest BCUT2D eigenvalue weighted by atomic mass is 32.2. The second kappa shape index (κ2) is 4.25. The van der Waals surface area contributed by atoms with E-state index in [2.05, 4.69) is 0 Å². The topological polar surface area (TPSA) is 74.6 Å². The molecule has 0 aliphatic carbocycles. The molecular weight excluding hydrogens is 240 g/mol. The van der Waals surface area contributed by atoms with E-state index in [0.717, 1.165) is 11.8 Å². The molecular formula is C12H10O4S. The van der Waals surface area contributed by atoms with Gasteiger partial charge in [0.15, 0.2) is 4.75 Å². The van der Waals surface area contributed by atoms with Gasteiger partial charge < -0.3 is 10.2 Å². The van der Waals surface area contributed by atoms with Crippen molar-refractivity contribution in [3.05, 3.63) is 48.0 Å². The van der Waals surface area contributed by atoms with Crippen molar-refractivity contribution in [3.8, 4) is 0 Å². The zero-order valence-electron chi connectivity index (χ0n) is 8.74. The molecule has 4 nitrogen and oxygen atoms in total. The number of aliphatic carboxylic acids is 2. The molecule has 2 N–H and O–H groups in total. The van der Waals surface area contributed by atoms with Crippen LogP contribution in [-0.4, -0.2) is 27.4 Å². The van der Waals surface area contributed by atoms with Crippen molar-refractivity contribution in [2.24, 2.45) is 0 Å². The van der Waals surface area contributed by atoms with Gasteiger partial charge in [0.2, 0.25) is 0 Å². The van der Waals surface area contributed by atoms with Crippen LogP contribution in [0, 0.1) is 0 Å². The molecule has 0 aromatic heterocycles. The minimum Gasteiger partial charge on any atom is -0.480 e. The van der Waals surface area contributed by atoms with Gasteiger partial charge in [0, 0.05) is 0 Å². The molecule has 0 amide bonds. The van der Waals surface area contributed by atoms with Gasteiger partial charge in [0.05, 0.1) is 0 Å². The van der Waals surface area contributed by atoms with Gasteiger partial charge in [-0.25, -0.2) is 4.79 Å². The summed E-state index contributed by atoms with van der Waals surface area (Å²) < 4.78 is -1.29. The van der Waals surface area contributed by atoms with Crippen LogP contribution in [0.4, 0.5) is 0 Å². The third-order valence-corrected chi connectivity index (χ3v) is 4.11. The van der Waals surface area contributed by atoms with E-state index in [0.29, 0.717) is 5.56 Å². The molecule has 0 radical (unpaired) electrons.